The zero-order valence-electron chi connectivity index (χ0n) is 11.2. The Hall–Kier alpha value is -1.23. The molecule has 0 bridgehead atoms. The van der Waals surface area contributed by atoms with Crippen LogP contribution in [0.2, 0.25) is 0 Å². The van der Waals surface area contributed by atoms with Crippen molar-refractivity contribution in [3.8, 4) is 11.5 Å². The number of ether oxygens (including phenoxy) is 2. The summed E-state index contributed by atoms with van der Waals surface area (Å²) in [5.41, 5.74) is 1.57. The summed E-state index contributed by atoms with van der Waals surface area (Å²) in [4.78, 5) is 11.1. The maximum absolute atomic E-state index is 11.1. The second-order valence-electron chi connectivity index (χ2n) is 4.95. The van der Waals surface area contributed by atoms with Crippen molar-refractivity contribution >= 4 is 21.9 Å². The van der Waals surface area contributed by atoms with Crippen molar-refractivity contribution in [2.45, 2.75) is 31.6 Å². The van der Waals surface area contributed by atoms with Crippen LogP contribution in [0.25, 0.3) is 0 Å². The smallest absolute Gasteiger partial charge is 0.304 e. The highest BCUT2D eigenvalue weighted by Crippen LogP contribution is 2.57. The Morgan fingerprint density at radius 1 is 1.37 bits per heavy atom. The first kappa shape index (κ1) is 14.2. The van der Waals surface area contributed by atoms with Gasteiger partial charge in [-0.25, -0.2) is 0 Å². The number of aliphatic carboxylic acids is 1. The molecule has 1 aliphatic carbocycles. The fraction of sp³-hybridized carbons (Fsp3) is 0.500. The van der Waals surface area contributed by atoms with Gasteiger partial charge in [-0.3, -0.25) is 4.79 Å². The van der Waals surface area contributed by atoms with Gasteiger partial charge in [0.15, 0.2) is 11.5 Å². The number of halogens is 1. The van der Waals surface area contributed by atoms with Gasteiger partial charge in [-0.2, -0.15) is 0 Å². The predicted molar refractivity (Wildman–Crippen MR) is 75.1 cm³/mol. The first-order valence-corrected chi connectivity index (χ1v) is 6.88. The van der Waals surface area contributed by atoms with Crippen molar-refractivity contribution in [2.75, 3.05) is 14.2 Å². The van der Waals surface area contributed by atoms with Crippen LogP contribution >= 0.6 is 15.9 Å². The van der Waals surface area contributed by atoms with E-state index in [9.17, 15) is 4.79 Å². The number of carboxylic acids is 1. The van der Waals surface area contributed by atoms with Crippen molar-refractivity contribution in [3.05, 3.63) is 21.7 Å². The average molecular weight is 329 g/mol. The standard InChI is InChI=1S/C14H17BrO4/c1-8-10(15)6-9(13(19-3)12(8)18-2)14(4-5-14)7-11(16)17/h6H,4-5,7H2,1-3H3,(H,16,17). The van der Waals surface area contributed by atoms with Crippen LogP contribution in [0.1, 0.15) is 30.4 Å². The zero-order chi connectivity index (χ0) is 14.2. The number of methoxy groups -OCH3 is 2. The molecule has 0 radical (unpaired) electrons. The highest BCUT2D eigenvalue weighted by atomic mass is 79.9. The summed E-state index contributed by atoms with van der Waals surface area (Å²) in [6.07, 6.45) is 1.87. The maximum Gasteiger partial charge on any atom is 0.304 e. The van der Waals surface area contributed by atoms with E-state index in [1.54, 1.807) is 14.2 Å². The minimum atomic E-state index is -0.782. The lowest BCUT2D eigenvalue weighted by Gasteiger charge is -2.21. The Balaban J connectivity index is 2.57. The molecule has 0 unspecified atom stereocenters. The number of rotatable bonds is 5. The van der Waals surface area contributed by atoms with Gasteiger partial charge in [0.2, 0.25) is 0 Å². The number of carboxylic acid groups (broad SMARTS) is 1. The topological polar surface area (TPSA) is 55.8 Å². The van der Waals surface area contributed by atoms with Crippen molar-refractivity contribution < 1.29 is 19.4 Å². The molecule has 0 aromatic heterocycles. The Labute approximate surface area is 120 Å². The third-order valence-corrected chi connectivity index (χ3v) is 4.57. The molecule has 0 amide bonds. The van der Waals surface area contributed by atoms with Gasteiger partial charge in [0.1, 0.15) is 0 Å². The van der Waals surface area contributed by atoms with Gasteiger partial charge in [-0.05, 0) is 25.8 Å². The normalized spacial score (nSPS) is 16.0. The molecule has 2 rings (SSSR count). The van der Waals surface area contributed by atoms with Crippen LogP contribution in [0.15, 0.2) is 10.5 Å². The van der Waals surface area contributed by atoms with E-state index >= 15 is 0 Å². The van der Waals surface area contributed by atoms with Crippen LogP contribution < -0.4 is 9.47 Å². The zero-order valence-corrected chi connectivity index (χ0v) is 12.8. The van der Waals surface area contributed by atoms with E-state index < -0.39 is 5.97 Å². The summed E-state index contributed by atoms with van der Waals surface area (Å²) in [6.45, 7) is 1.94. The number of hydrogen-bond acceptors (Lipinski definition) is 3. The molecule has 1 saturated carbocycles. The summed E-state index contributed by atoms with van der Waals surface area (Å²) >= 11 is 3.50. The summed E-state index contributed by atoms with van der Waals surface area (Å²) in [7, 11) is 3.18. The first-order valence-electron chi connectivity index (χ1n) is 6.08. The fourth-order valence-electron chi connectivity index (χ4n) is 2.53. The van der Waals surface area contributed by atoms with Gasteiger partial charge in [0.25, 0.3) is 0 Å². The van der Waals surface area contributed by atoms with E-state index in [2.05, 4.69) is 15.9 Å². The minimum absolute atomic E-state index is 0.127. The third kappa shape index (κ3) is 2.43. The van der Waals surface area contributed by atoms with E-state index in [0.29, 0.717) is 11.5 Å². The van der Waals surface area contributed by atoms with E-state index in [0.717, 1.165) is 28.4 Å². The van der Waals surface area contributed by atoms with Gasteiger partial charge in [0, 0.05) is 21.0 Å². The van der Waals surface area contributed by atoms with Gasteiger partial charge in [-0.15, -0.1) is 0 Å². The predicted octanol–water partition coefficient (Wildman–Crippen LogP) is 3.28. The van der Waals surface area contributed by atoms with Crippen LogP contribution in [-0.2, 0) is 10.2 Å². The Bertz CT molecular complexity index is 521. The molecule has 1 aromatic rings. The van der Waals surface area contributed by atoms with Crippen molar-refractivity contribution in [1.29, 1.82) is 0 Å². The molecule has 0 aliphatic heterocycles. The fourth-order valence-corrected chi connectivity index (χ4v) is 2.93. The average Bonchev–Trinajstić information content (AvgIpc) is 3.11. The van der Waals surface area contributed by atoms with Crippen LogP contribution in [0.5, 0.6) is 11.5 Å². The van der Waals surface area contributed by atoms with Crippen molar-refractivity contribution in [2.24, 2.45) is 0 Å². The molecular formula is C14H17BrO4. The summed E-state index contributed by atoms with van der Waals surface area (Å²) < 4.78 is 11.8. The molecule has 19 heavy (non-hydrogen) atoms. The molecule has 1 aliphatic rings. The monoisotopic (exact) mass is 328 g/mol. The number of benzene rings is 1. The van der Waals surface area contributed by atoms with Crippen molar-refractivity contribution in [1.82, 2.24) is 0 Å². The third-order valence-electron chi connectivity index (χ3n) is 3.74. The Morgan fingerprint density at radius 2 is 1.95 bits per heavy atom. The summed E-state index contributed by atoms with van der Waals surface area (Å²) in [6, 6.07) is 1.96. The van der Waals surface area contributed by atoms with Gasteiger partial charge >= 0.3 is 5.97 Å². The summed E-state index contributed by atoms with van der Waals surface area (Å²) in [5.74, 6) is 0.542. The lowest BCUT2D eigenvalue weighted by atomic mass is 9.90. The lowest BCUT2D eigenvalue weighted by Crippen LogP contribution is -2.15. The Morgan fingerprint density at radius 3 is 2.37 bits per heavy atom. The van der Waals surface area contributed by atoms with E-state index in [1.807, 2.05) is 13.0 Å². The van der Waals surface area contributed by atoms with Crippen LogP contribution in [-0.4, -0.2) is 25.3 Å². The van der Waals surface area contributed by atoms with E-state index in [-0.39, 0.29) is 11.8 Å². The highest BCUT2D eigenvalue weighted by Gasteiger charge is 2.48. The van der Waals surface area contributed by atoms with Crippen LogP contribution in [0.3, 0.4) is 0 Å². The molecule has 0 atom stereocenters. The SMILES string of the molecule is COc1c(C2(CC(=O)O)CC2)cc(Br)c(C)c1OC. The molecule has 1 N–H and O–H groups in total. The van der Waals surface area contributed by atoms with E-state index in [1.165, 1.54) is 0 Å². The van der Waals surface area contributed by atoms with E-state index in [4.69, 9.17) is 14.6 Å². The number of carbonyl (C=O) groups is 1. The quantitative estimate of drug-likeness (QED) is 0.901. The van der Waals surface area contributed by atoms with Crippen LogP contribution in [0.4, 0.5) is 0 Å². The number of hydrogen-bond donors (Lipinski definition) is 1. The molecule has 0 saturated heterocycles. The second-order valence-corrected chi connectivity index (χ2v) is 5.80. The molecule has 1 aromatic carbocycles. The highest BCUT2D eigenvalue weighted by molar-refractivity contribution is 9.10. The molecule has 104 valence electrons. The minimum Gasteiger partial charge on any atom is -0.493 e. The summed E-state index contributed by atoms with van der Waals surface area (Å²) in [5, 5.41) is 9.08. The largest absolute Gasteiger partial charge is 0.493 e. The molecular weight excluding hydrogens is 312 g/mol. The second kappa shape index (κ2) is 5.04. The van der Waals surface area contributed by atoms with Crippen LogP contribution in [0, 0.1) is 6.92 Å². The van der Waals surface area contributed by atoms with Gasteiger partial charge in [0.05, 0.1) is 20.6 Å². The Kier molecular flexibility index (Phi) is 3.76. The maximum atomic E-state index is 11.1. The molecule has 4 nitrogen and oxygen atoms in total. The van der Waals surface area contributed by atoms with Gasteiger partial charge < -0.3 is 14.6 Å². The first-order chi connectivity index (χ1) is 8.95. The van der Waals surface area contributed by atoms with Crippen molar-refractivity contribution in [3.63, 3.8) is 0 Å². The molecule has 1 fully saturated rings. The molecule has 0 spiro atoms. The van der Waals surface area contributed by atoms with Gasteiger partial charge in [-0.1, -0.05) is 15.9 Å². The molecule has 0 heterocycles. The molecule has 5 heteroatoms. The lowest BCUT2D eigenvalue weighted by molar-refractivity contribution is -0.137.